The number of rotatable bonds is 3. The standard InChI is InChI=1S/C14H28N2O/c1-10-6-11(2)13(14(15)7-10)9-16-5-4-12(8-16)17-3/h10-14H,4-9,15H2,1-3H3. The van der Waals surface area contributed by atoms with Gasteiger partial charge in [-0.25, -0.2) is 0 Å². The summed E-state index contributed by atoms with van der Waals surface area (Å²) in [5.74, 6) is 2.26. The van der Waals surface area contributed by atoms with Crippen molar-refractivity contribution in [2.24, 2.45) is 23.5 Å². The molecule has 0 bridgehead atoms. The molecule has 0 radical (unpaired) electrons. The summed E-state index contributed by atoms with van der Waals surface area (Å²) < 4.78 is 5.43. The molecular weight excluding hydrogens is 212 g/mol. The molecule has 1 saturated carbocycles. The Labute approximate surface area is 106 Å². The van der Waals surface area contributed by atoms with Crippen molar-refractivity contribution in [2.45, 2.75) is 45.3 Å². The number of methoxy groups -OCH3 is 1. The van der Waals surface area contributed by atoms with Crippen molar-refractivity contribution < 1.29 is 4.74 Å². The maximum absolute atomic E-state index is 6.35. The van der Waals surface area contributed by atoms with E-state index >= 15 is 0 Å². The van der Waals surface area contributed by atoms with Crippen LogP contribution >= 0.6 is 0 Å². The Morgan fingerprint density at radius 1 is 1.29 bits per heavy atom. The highest BCUT2D eigenvalue weighted by Gasteiger charge is 2.34. The zero-order valence-corrected chi connectivity index (χ0v) is 11.6. The zero-order valence-electron chi connectivity index (χ0n) is 11.6. The molecule has 2 rings (SSSR count). The molecule has 0 aromatic carbocycles. The molecule has 2 N–H and O–H groups in total. The minimum absolute atomic E-state index is 0.398. The second-order valence-corrected chi connectivity index (χ2v) is 6.29. The maximum Gasteiger partial charge on any atom is 0.0710 e. The van der Waals surface area contributed by atoms with E-state index in [9.17, 15) is 0 Å². The SMILES string of the molecule is COC1CCN(CC2C(C)CC(C)CC2N)C1. The van der Waals surface area contributed by atoms with E-state index in [0.717, 1.165) is 18.4 Å². The van der Waals surface area contributed by atoms with Crippen LogP contribution in [0.15, 0.2) is 0 Å². The van der Waals surface area contributed by atoms with Crippen LogP contribution in [0, 0.1) is 17.8 Å². The lowest BCUT2D eigenvalue weighted by molar-refractivity contribution is 0.0921. The maximum atomic E-state index is 6.35. The predicted octanol–water partition coefficient (Wildman–Crippen LogP) is 1.72. The molecule has 2 aliphatic rings. The molecular formula is C14H28N2O. The molecule has 100 valence electrons. The monoisotopic (exact) mass is 240 g/mol. The summed E-state index contributed by atoms with van der Waals surface area (Å²) in [6.07, 6.45) is 4.18. The summed E-state index contributed by atoms with van der Waals surface area (Å²) >= 11 is 0. The van der Waals surface area contributed by atoms with Crippen LogP contribution in [0.3, 0.4) is 0 Å². The topological polar surface area (TPSA) is 38.5 Å². The minimum Gasteiger partial charge on any atom is -0.380 e. The fourth-order valence-electron chi connectivity index (χ4n) is 3.74. The average Bonchev–Trinajstić information content (AvgIpc) is 2.71. The van der Waals surface area contributed by atoms with E-state index in [2.05, 4.69) is 18.7 Å². The van der Waals surface area contributed by atoms with E-state index in [1.165, 1.54) is 32.4 Å². The van der Waals surface area contributed by atoms with Gasteiger partial charge >= 0.3 is 0 Å². The van der Waals surface area contributed by atoms with Gasteiger partial charge in [0.2, 0.25) is 0 Å². The quantitative estimate of drug-likeness (QED) is 0.816. The first-order valence-corrected chi connectivity index (χ1v) is 7.11. The number of ether oxygens (including phenoxy) is 1. The highest BCUT2D eigenvalue weighted by molar-refractivity contribution is 4.89. The molecule has 1 aliphatic carbocycles. The molecule has 1 heterocycles. The smallest absolute Gasteiger partial charge is 0.0710 e. The second kappa shape index (κ2) is 5.68. The van der Waals surface area contributed by atoms with Crippen LogP contribution in [0.2, 0.25) is 0 Å². The first kappa shape index (κ1) is 13.3. The summed E-state index contributed by atoms with van der Waals surface area (Å²) in [5, 5.41) is 0. The Morgan fingerprint density at radius 3 is 2.65 bits per heavy atom. The highest BCUT2D eigenvalue weighted by Crippen LogP contribution is 2.33. The molecule has 3 nitrogen and oxygen atoms in total. The lowest BCUT2D eigenvalue weighted by Gasteiger charge is -2.39. The molecule has 5 unspecified atom stereocenters. The Bertz CT molecular complexity index is 234. The zero-order chi connectivity index (χ0) is 12.4. The van der Waals surface area contributed by atoms with E-state index in [-0.39, 0.29) is 0 Å². The number of hydrogen-bond acceptors (Lipinski definition) is 3. The lowest BCUT2D eigenvalue weighted by Crippen LogP contribution is -2.46. The van der Waals surface area contributed by atoms with Gasteiger partial charge in [0.15, 0.2) is 0 Å². The molecule has 3 heteroatoms. The summed E-state index contributed by atoms with van der Waals surface area (Å²) in [5.41, 5.74) is 6.35. The van der Waals surface area contributed by atoms with Gasteiger partial charge < -0.3 is 15.4 Å². The van der Waals surface area contributed by atoms with Crippen LogP contribution in [0.25, 0.3) is 0 Å². The first-order valence-electron chi connectivity index (χ1n) is 7.11. The van der Waals surface area contributed by atoms with Crippen molar-refractivity contribution in [3.8, 4) is 0 Å². The molecule has 1 saturated heterocycles. The van der Waals surface area contributed by atoms with Gasteiger partial charge in [0.25, 0.3) is 0 Å². The van der Waals surface area contributed by atoms with Gasteiger partial charge in [-0.1, -0.05) is 13.8 Å². The van der Waals surface area contributed by atoms with Gasteiger partial charge in [0, 0.05) is 32.8 Å². The lowest BCUT2D eigenvalue weighted by atomic mass is 9.72. The molecule has 5 atom stereocenters. The molecule has 1 aliphatic heterocycles. The minimum atomic E-state index is 0.398. The summed E-state index contributed by atoms with van der Waals surface area (Å²) in [6.45, 7) is 8.17. The fraction of sp³-hybridized carbons (Fsp3) is 1.00. The van der Waals surface area contributed by atoms with Gasteiger partial charge in [-0.15, -0.1) is 0 Å². The third-order valence-electron chi connectivity index (χ3n) is 4.76. The van der Waals surface area contributed by atoms with E-state index in [0.29, 0.717) is 18.1 Å². The van der Waals surface area contributed by atoms with E-state index < -0.39 is 0 Å². The fourth-order valence-corrected chi connectivity index (χ4v) is 3.74. The normalized spacial score (nSPS) is 44.1. The molecule has 0 aromatic rings. The van der Waals surface area contributed by atoms with E-state index in [1.54, 1.807) is 0 Å². The molecule has 17 heavy (non-hydrogen) atoms. The van der Waals surface area contributed by atoms with Gasteiger partial charge in [0.1, 0.15) is 0 Å². The molecule has 0 aromatic heterocycles. The van der Waals surface area contributed by atoms with Crippen LogP contribution in [0.1, 0.15) is 33.1 Å². The number of likely N-dealkylation sites (tertiary alicyclic amines) is 1. The molecule has 0 amide bonds. The van der Waals surface area contributed by atoms with E-state index in [4.69, 9.17) is 10.5 Å². The predicted molar refractivity (Wildman–Crippen MR) is 70.9 cm³/mol. The van der Waals surface area contributed by atoms with Crippen molar-refractivity contribution in [1.82, 2.24) is 4.90 Å². The third-order valence-corrected chi connectivity index (χ3v) is 4.76. The van der Waals surface area contributed by atoms with Gasteiger partial charge in [0.05, 0.1) is 6.10 Å². The third kappa shape index (κ3) is 3.21. The molecule has 2 fully saturated rings. The first-order chi connectivity index (χ1) is 8.10. The number of nitrogens with two attached hydrogens (primary N) is 1. The summed E-state index contributed by atoms with van der Waals surface area (Å²) in [6, 6.07) is 0.398. The van der Waals surface area contributed by atoms with Gasteiger partial charge in [-0.05, 0) is 37.0 Å². The Morgan fingerprint density at radius 2 is 2.06 bits per heavy atom. The van der Waals surface area contributed by atoms with Crippen LogP contribution in [-0.2, 0) is 4.74 Å². The average molecular weight is 240 g/mol. The van der Waals surface area contributed by atoms with E-state index in [1.807, 2.05) is 7.11 Å². The summed E-state index contributed by atoms with van der Waals surface area (Å²) in [4.78, 5) is 2.55. The van der Waals surface area contributed by atoms with Crippen molar-refractivity contribution in [3.63, 3.8) is 0 Å². The van der Waals surface area contributed by atoms with Crippen molar-refractivity contribution in [2.75, 3.05) is 26.7 Å². The summed E-state index contributed by atoms with van der Waals surface area (Å²) in [7, 11) is 1.82. The van der Waals surface area contributed by atoms with Crippen LogP contribution < -0.4 is 5.73 Å². The van der Waals surface area contributed by atoms with Crippen molar-refractivity contribution >= 4 is 0 Å². The Kier molecular flexibility index (Phi) is 4.45. The number of nitrogens with zero attached hydrogens (tertiary/aromatic N) is 1. The van der Waals surface area contributed by atoms with Crippen LogP contribution in [0.5, 0.6) is 0 Å². The second-order valence-electron chi connectivity index (χ2n) is 6.29. The highest BCUT2D eigenvalue weighted by atomic mass is 16.5. The Balaban J connectivity index is 1.85. The van der Waals surface area contributed by atoms with Crippen molar-refractivity contribution in [1.29, 1.82) is 0 Å². The number of hydrogen-bond donors (Lipinski definition) is 1. The molecule has 0 spiro atoms. The van der Waals surface area contributed by atoms with Crippen LogP contribution in [-0.4, -0.2) is 43.8 Å². The van der Waals surface area contributed by atoms with Crippen LogP contribution in [0.4, 0.5) is 0 Å². The largest absolute Gasteiger partial charge is 0.380 e. The van der Waals surface area contributed by atoms with Gasteiger partial charge in [-0.2, -0.15) is 0 Å². The van der Waals surface area contributed by atoms with Crippen molar-refractivity contribution in [3.05, 3.63) is 0 Å². The van der Waals surface area contributed by atoms with Gasteiger partial charge in [-0.3, -0.25) is 0 Å². The Hall–Kier alpha value is -0.120.